The Bertz CT molecular complexity index is 788. The van der Waals surface area contributed by atoms with Crippen LogP contribution >= 0.6 is 11.6 Å². The van der Waals surface area contributed by atoms with E-state index in [0.29, 0.717) is 0 Å². The summed E-state index contributed by atoms with van der Waals surface area (Å²) in [5.74, 6) is 0. The number of rotatable bonds is 1. The first-order chi connectivity index (χ1) is 9.81. The lowest BCUT2D eigenvalue weighted by Crippen LogP contribution is -1.83. The smallest absolute Gasteiger partial charge is 0.0409 e. The fourth-order valence-corrected chi connectivity index (χ4v) is 3.18. The second-order valence-electron chi connectivity index (χ2n) is 5.22. The molecule has 3 aromatic carbocycles. The second-order valence-corrected chi connectivity index (χ2v) is 5.65. The van der Waals surface area contributed by atoms with Crippen molar-refractivity contribution in [2.75, 3.05) is 0 Å². The first-order valence-corrected chi connectivity index (χ1v) is 7.16. The van der Waals surface area contributed by atoms with Crippen molar-refractivity contribution < 1.29 is 0 Å². The van der Waals surface area contributed by atoms with E-state index in [0.717, 1.165) is 11.4 Å². The molecule has 96 valence electrons. The lowest BCUT2D eigenvalue weighted by Gasteiger charge is -2.05. The van der Waals surface area contributed by atoms with Crippen molar-refractivity contribution in [3.63, 3.8) is 0 Å². The maximum absolute atomic E-state index is 6.09. The van der Waals surface area contributed by atoms with Crippen LogP contribution in [0.4, 0.5) is 0 Å². The Hall–Kier alpha value is -2.05. The molecule has 0 amide bonds. The molecule has 0 aliphatic heterocycles. The van der Waals surface area contributed by atoms with Gasteiger partial charge in [-0.25, -0.2) is 0 Å². The highest BCUT2D eigenvalue weighted by molar-refractivity contribution is 6.30. The van der Waals surface area contributed by atoms with Crippen LogP contribution in [0.3, 0.4) is 0 Å². The largest absolute Gasteiger partial charge is 0.0843 e. The number of halogens is 1. The molecule has 1 aliphatic carbocycles. The lowest BCUT2D eigenvalue weighted by molar-refractivity contribution is 1.26. The van der Waals surface area contributed by atoms with Crippen LogP contribution < -0.4 is 0 Å². The van der Waals surface area contributed by atoms with Gasteiger partial charge in [0.05, 0.1) is 0 Å². The van der Waals surface area contributed by atoms with E-state index in [9.17, 15) is 0 Å². The molecule has 0 radical (unpaired) electrons. The molecule has 4 rings (SSSR count). The first kappa shape index (κ1) is 11.7. The number of hydrogen-bond donors (Lipinski definition) is 0. The van der Waals surface area contributed by atoms with Gasteiger partial charge in [0.15, 0.2) is 0 Å². The molecule has 0 fully saturated rings. The Labute approximate surface area is 123 Å². The van der Waals surface area contributed by atoms with E-state index in [4.69, 9.17) is 11.6 Å². The van der Waals surface area contributed by atoms with Gasteiger partial charge in [0.1, 0.15) is 0 Å². The summed E-state index contributed by atoms with van der Waals surface area (Å²) in [6.07, 6.45) is 0.978. The number of fused-ring (bicyclic) bond motifs is 3. The van der Waals surface area contributed by atoms with Gasteiger partial charge in [-0.3, -0.25) is 0 Å². The maximum atomic E-state index is 6.09. The van der Waals surface area contributed by atoms with Crippen LogP contribution in [0.5, 0.6) is 0 Å². The van der Waals surface area contributed by atoms with E-state index in [-0.39, 0.29) is 0 Å². The third-order valence-electron chi connectivity index (χ3n) is 3.95. The summed E-state index contributed by atoms with van der Waals surface area (Å²) in [7, 11) is 0. The number of hydrogen-bond acceptors (Lipinski definition) is 0. The van der Waals surface area contributed by atoms with Crippen molar-refractivity contribution in [1.82, 2.24) is 0 Å². The zero-order valence-corrected chi connectivity index (χ0v) is 11.7. The minimum atomic E-state index is 0.819. The molecule has 0 atom stereocenters. The Morgan fingerprint density at radius 3 is 2.15 bits per heavy atom. The third-order valence-corrected chi connectivity index (χ3v) is 4.19. The SMILES string of the molecule is Clc1ccc2c(c1)Cc1cc(-c3ccccc3)ccc1-2. The fraction of sp³-hybridized carbons (Fsp3) is 0.0526. The average Bonchev–Trinajstić information content (AvgIpc) is 2.84. The van der Waals surface area contributed by atoms with Gasteiger partial charge in [-0.15, -0.1) is 0 Å². The summed E-state index contributed by atoms with van der Waals surface area (Å²) in [6, 6.07) is 23.4. The van der Waals surface area contributed by atoms with Crippen molar-refractivity contribution in [2.45, 2.75) is 6.42 Å². The number of benzene rings is 3. The molecule has 0 saturated carbocycles. The topological polar surface area (TPSA) is 0 Å². The molecule has 0 aromatic heterocycles. The minimum Gasteiger partial charge on any atom is -0.0843 e. The molecule has 1 aliphatic rings. The maximum Gasteiger partial charge on any atom is 0.0409 e. The quantitative estimate of drug-likeness (QED) is 0.426. The highest BCUT2D eigenvalue weighted by atomic mass is 35.5. The Kier molecular flexibility index (Phi) is 2.64. The summed E-state index contributed by atoms with van der Waals surface area (Å²) in [4.78, 5) is 0. The summed E-state index contributed by atoms with van der Waals surface area (Å²) in [5.41, 5.74) is 7.94. The molecular formula is C19H13Cl. The predicted molar refractivity (Wildman–Crippen MR) is 85.1 cm³/mol. The van der Waals surface area contributed by atoms with Gasteiger partial charge in [-0.1, -0.05) is 66.2 Å². The van der Waals surface area contributed by atoms with Crippen LogP contribution in [0, 0.1) is 0 Å². The third kappa shape index (κ3) is 1.85. The van der Waals surface area contributed by atoms with Crippen molar-refractivity contribution in [2.24, 2.45) is 0 Å². The van der Waals surface area contributed by atoms with Crippen LogP contribution in [-0.2, 0) is 6.42 Å². The molecule has 0 N–H and O–H groups in total. The van der Waals surface area contributed by atoms with Gasteiger partial charge in [-0.05, 0) is 51.9 Å². The van der Waals surface area contributed by atoms with Crippen LogP contribution in [0.1, 0.15) is 11.1 Å². The molecule has 0 spiro atoms. The van der Waals surface area contributed by atoms with E-state index in [1.165, 1.54) is 33.4 Å². The molecule has 0 unspecified atom stereocenters. The molecule has 0 bridgehead atoms. The van der Waals surface area contributed by atoms with Crippen LogP contribution in [0.25, 0.3) is 22.3 Å². The van der Waals surface area contributed by atoms with Crippen molar-refractivity contribution in [1.29, 1.82) is 0 Å². The lowest BCUT2D eigenvalue weighted by atomic mass is 9.99. The van der Waals surface area contributed by atoms with E-state index in [1.54, 1.807) is 0 Å². The standard InChI is InChI=1S/C19H13Cl/c20-17-7-9-19-16(12-17)11-15-10-14(6-8-18(15)19)13-4-2-1-3-5-13/h1-10,12H,11H2. The van der Waals surface area contributed by atoms with E-state index in [2.05, 4.69) is 60.7 Å². The van der Waals surface area contributed by atoms with Gasteiger partial charge >= 0.3 is 0 Å². The molecule has 0 nitrogen and oxygen atoms in total. The van der Waals surface area contributed by atoms with Gasteiger partial charge in [-0.2, -0.15) is 0 Å². The van der Waals surface area contributed by atoms with E-state index in [1.807, 2.05) is 6.07 Å². The highest BCUT2D eigenvalue weighted by Gasteiger charge is 2.18. The van der Waals surface area contributed by atoms with Crippen molar-refractivity contribution in [3.8, 4) is 22.3 Å². The van der Waals surface area contributed by atoms with Gasteiger partial charge in [0.25, 0.3) is 0 Å². The molecule has 0 saturated heterocycles. The monoisotopic (exact) mass is 276 g/mol. The summed E-state index contributed by atoms with van der Waals surface area (Å²) < 4.78 is 0. The molecular weight excluding hydrogens is 264 g/mol. The normalized spacial score (nSPS) is 12.1. The average molecular weight is 277 g/mol. The second kappa shape index (κ2) is 4.50. The fourth-order valence-electron chi connectivity index (χ4n) is 2.99. The van der Waals surface area contributed by atoms with Crippen molar-refractivity contribution >= 4 is 11.6 Å². The molecule has 1 heteroatoms. The van der Waals surface area contributed by atoms with Gasteiger partial charge < -0.3 is 0 Å². The Morgan fingerprint density at radius 2 is 1.35 bits per heavy atom. The Morgan fingerprint density at radius 1 is 0.650 bits per heavy atom. The van der Waals surface area contributed by atoms with Crippen LogP contribution in [0.15, 0.2) is 66.7 Å². The highest BCUT2D eigenvalue weighted by Crippen LogP contribution is 2.39. The first-order valence-electron chi connectivity index (χ1n) is 6.78. The minimum absolute atomic E-state index is 0.819. The van der Waals surface area contributed by atoms with Crippen molar-refractivity contribution in [3.05, 3.63) is 82.9 Å². The predicted octanol–water partition coefficient (Wildman–Crippen LogP) is 5.58. The van der Waals surface area contributed by atoms with Gasteiger partial charge in [0, 0.05) is 5.02 Å². The van der Waals surface area contributed by atoms with Gasteiger partial charge in [0.2, 0.25) is 0 Å². The Balaban J connectivity index is 1.82. The van der Waals surface area contributed by atoms with E-state index < -0.39 is 0 Å². The zero-order valence-electron chi connectivity index (χ0n) is 10.9. The molecule has 3 aromatic rings. The molecule has 20 heavy (non-hydrogen) atoms. The summed E-state index contributed by atoms with van der Waals surface area (Å²) >= 11 is 6.09. The summed E-state index contributed by atoms with van der Waals surface area (Å²) in [5, 5.41) is 0.819. The zero-order chi connectivity index (χ0) is 13.5. The van der Waals surface area contributed by atoms with E-state index >= 15 is 0 Å². The summed E-state index contributed by atoms with van der Waals surface area (Å²) in [6.45, 7) is 0. The molecule has 0 heterocycles. The van der Waals surface area contributed by atoms with Crippen LogP contribution in [-0.4, -0.2) is 0 Å². The van der Waals surface area contributed by atoms with Crippen LogP contribution in [0.2, 0.25) is 5.02 Å².